The predicted octanol–water partition coefficient (Wildman–Crippen LogP) is 2.05. The Labute approximate surface area is 129 Å². The monoisotopic (exact) mass is 304 g/mol. The SMILES string of the molecule is O=C(O)/C=C/CC(=O)NCc1cccnc1OC1CCCC1. The van der Waals surface area contributed by atoms with Crippen molar-refractivity contribution in [2.75, 3.05) is 0 Å². The second kappa shape index (κ2) is 8.17. The molecule has 1 saturated carbocycles. The molecule has 1 aromatic rings. The number of carboxylic acids is 1. The van der Waals surface area contributed by atoms with Crippen molar-refractivity contribution in [2.45, 2.75) is 44.8 Å². The molecular weight excluding hydrogens is 284 g/mol. The van der Waals surface area contributed by atoms with Gasteiger partial charge in [-0.2, -0.15) is 0 Å². The smallest absolute Gasteiger partial charge is 0.327 e. The minimum absolute atomic E-state index is 0.0331. The number of carbonyl (C=O) groups excluding carboxylic acids is 1. The molecule has 6 nitrogen and oxygen atoms in total. The zero-order valence-corrected chi connectivity index (χ0v) is 12.3. The number of aliphatic carboxylic acids is 1. The van der Waals surface area contributed by atoms with Gasteiger partial charge in [-0.3, -0.25) is 4.79 Å². The van der Waals surface area contributed by atoms with E-state index < -0.39 is 5.97 Å². The number of pyridine rings is 1. The number of carboxylic acid groups (broad SMARTS) is 1. The molecule has 2 rings (SSSR count). The van der Waals surface area contributed by atoms with Crippen LogP contribution in [0.25, 0.3) is 0 Å². The van der Waals surface area contributed by atoms with Crippen LogP contribution in [0, 0.1) is 0 Å². The van der Waals surface area contributed by atoms with Crippen LogP contribution in [0.2, 0.25) is 0 Å². The lowest BCUT2D eigenvalue weighted by Gasteiger charge is -2.15. The van der Waals surface area contributed by atoms with Gasteiger partial charge in [-0.15, -0.1) is 0 Å². The summed E-state index contributed by atoms with van der Waals surface area (Å²) in [6, 6.07) is 3.66. The zero-order chi connectivity index (χ0) is 15.8. The summed E-state index contributed by atoms with van der Waals surface area (Å²) in [5.74, 6) is -0.740. The van der Waals surface area contributed by atoms with Gasteiger partial charge < -0.3 is 15.2 Å². The van der Waals surface area contributed by atoms with E-state index in [-0.39, 0.29) is 18.4 Å². The van der Waals surface area contributed by atoms with Crippen LogP contribution in [0.4, 0.5) is 0 Å². The molecule has 1 fully saturated rings. The first-order valence-corrected chi connectivity index (χ1v) is 7.42. The van der Waals surface area contributed by atoms with Crippen molar-refractivity contribution in [1.82, 2.24) is 10.3 Å². The van der Waals surface area contributed by atoms with Crippen molar-refractivity contribution in [3.8, 4) is 5.88 Å². The van der Waals surface area contributed by atoms with Crippen LogP contribution in [0.5, 0.6) is 5.88 Å². The number of ether oxygens (including phenoxy) is 1. The van der Waals surface area contributed by atoms with Gasteiger partial charge in [0.1, 0.15) is 6.10 Å². The van der Waals surface area contributed by atoms with E-state index in [1.807, 2.05) is 6.07 Å². The van der Waals surface area contributed by atoms with Crippen LogP contribution in [-0.2, 0) is 16.1 Å². The first-order chi connectivity index (χ1) is 10.6. The fourth-order valence-corrected chi connectivity index (χ4v) is 2.36. The number of nitrogens with one attached hydrogen (secondary N) is 1. The summed E-state index contributed by atoms with van der Waals surface area (Å²) in [5.41, 5.74) is 0.824. The summed E-state index contributed by atoms with van der Waals surface area (Å²) >= 11 is 0. The molecule has 0 saturated heterocycles. The molecule has 0 bridgehead atoms. The van der Waals surface area contributed by atoms with Crippen molar-refractivity contribution in [3.63, 3.8) is 0 Å². The molecule has 1 heterocycles. The highest BCUT2D eigenvalue weighted by atomic mass is 16.5. The van der Waals surface area contributed by atoms with Crippen molar-refractivity contribution in [3.05, 3.63) is 36.0 Å². The lowest BCUT2D eigenvalue weighted by atomic mass is 10.2. The Bertz CT molecular complexity index is 551. The van der Waals surface area contributed by atoms with E-state index in [1.54, 1.807) is 12.3 Å². The molecule has 1 aromatic heterocycles. The third kappa shape index (κ3) is 5.20. The summed E-state index contributed by atoms with van der Waals surface area (Å²) in [6.07, 6.45) is 8.64. The van der Waals surface area contributed by atoms with E-state index in [1.165, 1.54) is 18.9 Å². The third-order valence-corrected chi connectivity index (χ3v) is 3.47. The average molecular weight is 304 g/mol. The number of hydrogen-bond acceptors (Lipinski definition) is 4. The number of aromatic nitrogens is 1. The standard InChI is InChI=1S/C16H20N2O4/c19-14(8-3-9-15(20)21)18-11-12-5-4-10-17-16(12)22-13-6-1-2-7-13/h3-5,9-10,13H,1-2,6-8,11H2,(H,18,19)(H,20,21)/b9-3+. The fraction of sp³-hybridized carbons (Fsp3) is 0.438. The van der Waals surface area contributed by atoms with Crippen LogP contribution in [-0.4, -0.2) is 28.1 Å². The normalized spacial score (nSPS) is 15.1. The number of amides is 1. The maximum absolute atomic E-state index is 11.6. The molecule has 1 aliphatic rings. The lowest BCUT2D eigenvalue weighted by molar-refractivity contribution is -0.131. The molecule has 0 radical (unpaired) electrons. The summed E-state index contributed by atoms with van der Waals surface area (Å²) in [4.78, 5) is 26.2. The molecular formula is C16H20N2O4. The Morgan fingerprint density at radius 2 is 2.18 bits per heavy atom. The molecule has 2 N–H and O–H groups in total. The molecule has 1 amide bonds. The number of nitrogens with zero attached hydrogens (tertiary/aromatic N) is 1. The van der Waals surface area contributed by atoms with Gasteiger partial charge in [0.05, 0.1) is 0 Å². The van der Waals surface area contributed by atoms with Crippen LogP contribution in [0.15, 0.2) is 30.5 Å². The van der Waals surface area contributed by atoms with Crippen molar-refractivity contribution in [1.29, 1.82) is 0 Å². The predicted molar refractivity (Wildman–Crippen MR) is 80.4 cm³/mol. The maximum atomic E-state index is 11.6. The molecule has 1 aliphatic carbocycles. The van der Waals surface area contributed by atoms with E-state index in [0.29, 0.717) is 12.4 Å². The first-order valence-electron chi connectivity index (χ1n) is 7.42. The molecule has 6 heteroatoms. The van der Waals surface area contributed by atoms with Crippen molar-refractivity contribution >= 4 is 11.9 Å². The van der Waals surface area contributed by atoms with E-state index in [4.69, 9.17) is 9.84 Å². The largest absolute Gasteiger partial charge is 0.478 e. The molecule has 0 aliphatic heterocycles. The quantitative estimate of drug-likeness (QED) is 0.753. The minimum Gasteiger partial charge on any atom is -0.478 e. The van der Waals surface area contributed by atoms with Gasteiger partial charge in [-0.1, -0.05) is 12.1 Å². The summed E-state index contributed by atoms with van der Waals surface area (Å²) in [5, 5.41) is 11.2. The van der Waals surface area contributed by atoms with Crippen molar-refractivity contribution in [2.24, 2.45) is 0 Å². The Hall–Kier alpha value is -2.37. The first kappa shape index (κ1) is 16.0. The number of hydrogen-bond donors (Lipinski definition) is 2. The van der Waals surface area contributed by atoms with E-state index in [9.17, 15) is 9.59 Å². The van der Waals surface area contributed by atoms with E-state index >= 15 is 0 Å². The van der Waals surface area contributed by atoms with Crippen LogP contribution in [0.1, 0.15) is 37.7 Å². The second-order valence-electron chi connectivity index (χ2n) is 5.21. The van der Waals surface area contributed by atoms with Gasteiger partial charge in [0, 0.05) is 30.8 Å². The van der Waals surface area contributed by atoms with Crippen LogP contribution >= 0.6 is 0 Å². The van der Waals surface area contributed by atoms with E-state index in [2.05, 4.69) is 10.3 Å². The summed E-state index contributed by atoms with van der Waals surface area (Å²) in [6.45, 7) is 0.315. The highest BCUT2D eigenvalue weighted by Crippen LogP contribution is 2.24. The maximum Gasteiger partial charge on any atom is 0.327 e. The minimum atomic E-state index is -1.06. The number of rotatable bonds is 7. The summed E-state index contributed by atoms with van der Waals surface area (Å²) < 4.78 is 5.90. The molecule has 22 heavy (non-hydrogen) atoms. The molecule has 118 valence electrons. The fourth-order valence-electron chi connectivity index (χ4n) is 2.36. The van der Waals surface area contributed by atoms with Gasteiger partial charge in [0.15, 0.2) is 0 Å². The Morgan fingerprint density at radius 3 is 2.91 bits per heavy atom. The molecule has 0 unspecified atom stereocenters. The average Bonchev–Trinajstić information content (AvgIpc) is 2.99. The van der Waals surface area contributed by atoms with Gasteiger partial charge in [-0.05, 0) is 31.7 Å². The van der Waals surface area contributed by atoms with Gasteiger partial charge >= 0.3 is 5.97 Å². The van der Waals surface area contributed by atoms with Crippen LogP contribution in [0.3, 0.4) is 0 Å². The second-order valence-corrected chi connectivity index (χ2v) is 5.21. The highest BCUT2D eigenvalue weighted by molar-refractivity contribution is 5.82. The zero-order valence-electron chi connectivity index (χ0n) is 12.3. The van der Waals surface area contributed by atoms with Gasteiger partial charge in [-0.25, -0.2) is 9.78 Å². The Morgan fingerprint density at radius 1 is 1.41 bits per heavy atom. The third-order valence-electron chi connectivity index (χ3n) is 3.47. The summed E-state index contributed by atoms with van der Waals surface area (Å²) in [7, 11) is 0. The van der Waals surface area contributed by atoms with Crippen molar-refractivity contribution < 1.29 is 19.4 Å². The van der Waals surface area contributed by atoms with Gasteiger partial charge in [0.2, 0.25) is 11.8 Å². The Balaban J connectivity index is 1.86. The van der Waals surface area contributed by atoms with E-state index in [0.717, 1.165) is 24.5 Å². The van der Waals surface area contributed by atoms with Gasteiger partial charge in [0.25, 0.3) is 0 Å². The molecule has 0 aromatic carbocycles. The topological polar surface area (TPSA) is 88.5 Å². The number of carbonyl (C=O) groups is 2. The Kier molecular flexibility index (Phi) is 5.94. The van der Waals surface area contributed by atoms with Crippen LogP contribution < -0.4 is 10.1 Å². The lowest BCUT2D eigenvalue weighted by Crippen LogP contribution is -2.23. The highest BCUT2D eigenvalue weighted by Gasteiger charge is 2.18. The molecule has 0 atom stereocenters. The molecule has 0 spiro atoms.